The van der Waals surface area contributed by atoms with E-state index < -0.39 is 24.0 Å². The van der Waals surface area contributed by atoms with Crippen LogP contribution in [-0.2, 0) is 22.6 Å². The Labute approximate surface area is 436 Å². The number of aliphatic carboxylic acids is 1. The molecule has 0 aliphatic carbocycles. The van der Waals surface area contributed by atoms with Crippen LogP contribution in [0.25, 0.3) is 43.2 Å². The molecule has 0 spiro atoms. The molecule has 7 heterocycles. The van der Waals surface area contributed by atoms with E-state index in [1.807, 2.05) is 38.1 Å². The average molecular weight is 1050 g/mol. The van der Waals surface area contributed by atoms with E-state index in [2.05, 4.69) is 43.7 Å². The Morgan fingerprint density at radius 1 is 0.849 bits per heavy atom. The molecule has 3 aromatic heterocycles. The predicted octanol–water partition coefficient (Wildman–Crippen LogP) is 9.30. The number of carboxylic acid groups (broad SMARTS) is 1. The van der Waals surface area contributed by atoms with Gasteiger partial charge in [-0.3, -0.25) is 4.90 Å². The van der Waals surface area contributed by atoms with Crippen LogP contribution in [0.1, 0.15) is 22.4 Å². The zero-order valence-electron chi connectivity index (χ0n) is 40.8. The lowest BCUT2D eigenvalue weighted by Crippen LogP contribution is -2.49. The molecule has 1 N–H and O–H groups in total. The molecule has 4 bridgehead atoms. The third-order valence-corrected chi connectivity index (χ3v) is 15.4. The second-order valence-corrected chi connectivity index (χ2v) is 20.3. The molecule has 380 valence electrons. The molecule has 7 aromatic rings. The lowest BCUT2D eigenvalue weighted by Gasteiger charge is -2.35. The fraction of sp³-hybridized carbons (Fsp3) is 0.352. The Morgan fingerprint density at radius 2 is 1.60 bits per heavy atom. The SMILES string of the molecule is Cc1c(Cl)c2c(Cl)c(C)c1-c1c(-c3ccc(F)cc3)sc3ncnc(c13)O[C@@H](C(=O)O)Cc1cc(ccc1OCc1ccnc(-c3ccc(OC[C@H]4CN(C)CCO4)cc3)n1)OC[C@@H](CN1CCN(C)CC1)O2. The van der Waals surface area contributed by atoms with Gasteiger partial charge in [-0.15, -0.1) is 11.3 Å². The highest BCUT2D eigenvalue weighted by Gasteiger charge is 2.32. The van der Waals surface area contributed by atoms with Crippen LogP contribution >= 0.6 is 34.5 Å². The molecule has 11 rings (SSSR count). The Bertz CT molecular complexity index is 3090. The van der Waals surface area contributed by atoms with Crippen LogP contribution in [0.3, 0.4) is 0 Å². The first kappa shape index (κ1) is 50.4. The zero-order valence-corrected chi connectivity index (χ0v) is 43.1. The van der Waals surface area contributed by atoms with Gasteiger partial charge in [-0.1, -0.05) is 35.3 Å². The monoisotopic (exact) mass is 1050 g/mol. The molecule has 4 aliphatic rings. The molecule has 4 aromatic carbocycles. The normalized spacial score (nSPS) is 18.9. The van der Waals surface area contributed by atoms with E-state index in [-0.39, 0.29) is 31.6 Å². The maximum atomic E-state index is 14.4. The highest BCUT2D eigenvalue weighted by atomic mass is 35.5. The molecule has 19 heteroatoms. The zero-order chi connectivity index (χ0) is 50.8. The van der Waals surface area contributed by atoms with E-state index in [4.69, 9.17) is 56.6 Å². The molecule has 3 atom stereocenters. The van der Waals surface area contributed by atoms with Crippen LogP contribution in [0.15, 0.2) is 85.3 Å². The summed E-state index contributed by atoms with van der Waals surface area (Å²) in [4.78, 5) is 40.0. The summed E-state index contributed by atoms with van der Waals surface area (Å²) in [5.41, 5.74) is 5.13. The summed E-state index contributed by atoms with van der Waals surface area (Å²) in [5.74, 6) is 0.752. The number of likely N-dealkylation sites (N-methyl/N-ethyl adjacent to an activating group) is 2. The van der Waals surface area contributed by atoms with E-state index in [9.17, 15) is 14.3 Å². The molecule has 4 aliphatic heterocycles. The van der Waals surface area contributed by atoms with Crippen LogP contribution in [-0.4, -0.2) is 144 Å². The lowest BCUT2D eigenvalue weighted by molar-refractivity contribution is -0.145. The topological polar surface area (TPSA) is 154 Å². The first-order valence-electron chi connectivity index (χ1n) is 24.1. The van der Waals surface area contributed by atoms with Crippen LogP contribution < -0.4 is 23.7 Å². The van der Waals surface area contributed by atoms with Crippen molar-refractivity contribution in [3.05, 3.63) is 124 Å². The third kappa shape index (κ3) is 11.3. The van der Waals surface area contributed by atoms with Crippen LogP contribution in [0, 0.1) is 19.7 Å². The van der Waals surface area contributed by atoms with Gasteiger partial charge in [0.05, 0.1) is 27.7 Å². The van der Waals surface area contributed by atoms with Gasteiger partial charge in [0.15, 0.2) is 11.6 Å². The van der Waals surface area contributed by atoms with Crippen LogP contribution in [0.4, 0.5) is 4.39 Å². The van der Waals surface area contributed by atoms with Crippen LogP contribution in [0.5, 0.6) is 28.9 Å². The van der Waals surface area contributed by atoms with E-state index >= 15 is 0 Å². The number of rotatable bonds is 11. The minimum atomic E-state index is -1.48. The molecule has 15 nitrogen and oxygen atoms in total. The molecule has 73 heavy (non-hydrogen) atoms. The van der Waals surface area contributed by atoms with Crippen molar-refractivity contribution in [2.75, 3.05) is 79.7 Å². The van der Waals surface area contributed by atoms with Gasteiger partial charge < -0.3 is 43.3 Å². The first-order chi connectivity index (χ1) is 35.3. The maximum Gasteiger partial charge on any atom is 0.345 e. The van der Waals surface area contributed by atoms with Crippen LogP contribution in [0.2, 0.25) is 10.0 Å². The molecular weight excluding hydrogens is 997 g/mol. The van der Waals surface area contributed by atoms with Gasteiger partial charge in [-0.05, 0) is 111 Å². The van der Waals surface area contributed by atoms with Crippen molar-refractivity contribution in [1.29, 1.82) is 0 Å². The lowest BCUT2D eigenvalue weighted by atomic mass is 9.92. The number of carbonyl (C=O) groups is 1. The van der Waals surface area contributed by atoms with Gasteiger partial charge in [0, 0.05) is 80.0 Å². The van der Waals surface area contributed by atoms with Crippen molar-refractivity contribution in [2.45, 2.75) is 45.2 Å². The smallest absolute Gasteiger partial charge is 0.345 e. The number of halogens is 3. The largest absolute Gasteiger partial charge is 0.491 e. The summed E-state index contributed by atoms with van der Waals surface area (Å²) in [6, 6.07) is 20.8. The van der Waals surface area contributed by atoms with E-state index in [0.29, 0.717) is 113 Å². The van der Waals surface area contributed by atoms with Crippen molar-refractivity contribution in [3.8, 4) is 61.8 Å². The quantitative estimate of drug-likeness (QED) is 0.131. The number of nitrogens with zero attached hydrogens (tertiary/aromatic N) is 7. The van der Waals surface area contributed by atoms with Crippen molar-refractivity contribution in [3.63, 3.8) is 0 Å². The number of piperazine rings is 1. The fourth-order valence-corrected chi connectivity index (χ4v) is 11.0. The van der Waals surface area contributed by atoms with Gasteiger partial charge in [-0.25, -0.2) is 29.1 Å². The highest BCUT2D eigenvalue weighted by Crippen LogP contribution is 2.53. The van der Waals surface area contributed by atoms with Crippen molar-refractivity contribution < 1.29 is 42.7 Å². The molecule has 0 unspecified atom stereocenters. The number of aromatic nitrogens is 4. The molecule has 0 radical (unpaired) electrons. The second-order valence-electron chi connectivity index (χ2n) is 18.6. The van der Waals surface area contributed by atoms with Gasteiger partial charge in [-0.2, -0.15) is 0 Å². The Kier molecular flexibility index (Phi) is 15.3. The fourth-order valence-electron chi connectivity index (χ4n) is 9.34. The Hall–Kier alpha value is -6.18. The summed E-state index contributed by atoms with van der Waals surface area (Å²) in [6.07, 6.45) is 0.830. The van der Waals surface area contributed by atoms with Crippen molar-refractivity contribution in [2.24, 2.45) is 0 Å². The first-order valence-corrected chi connectivity index (χ1v) is 25.6. The second kappa shape index (κ2) is 22.1. The molecular formula is C54H54Cl2FN7O8S. The summed E-state index contributed by atoms with van der Waals surface area (Å²) in [6.45, 7) is 10.7. The van der Waals surface area contributed by atoms with Gasteiger partial charge >= 0.3 is 5.97 Å². The number of thiophene rings is 1. The molecule has 2 saturated heterocycles. The Morgan fingerprint density at radius 3 is 2.34 bits per heavy atom. The van der Waals surface area contributed by atoms with Gasteiger partial charge in [0.25, 0.3) is 0 Å². The summed E-state index contributed by atoms with van der Waals surface area (Å²) in [7, 11) is 4.18. The summed E-state index contributed by atoms with van der Waals surface area (Å²) < 4.78 is 52.7. The number of benzene rings is 4. The van der Waals surface area contributed by atoms with Gasteiger partial charge in [0.2, 0.25) is 12.0 Å². The third-order valence-electron chi connectivity index (χ3n) is 13.3. The maximum absolute atomic E-state index is 14.4. The Balaban J connectivity index is 1.000. The average Bonchev–Trinajstić information content (AvgIpc) is 3.78. The van der Waals surface area contributed by atoms with E-state index in [0.717, 1.165) is 44.8 Å². The number of carboxylic acids is 1. The number of ether oxygens (including phenoxy) is 6. The van der Waals surface area contributed by atoms with E-state index in [1.54, 1.807) is 42.6 Å². The summed E-state index contributed by atoms with van der Waals surface area (Å²) in [5, 5.41) is 12.0. The predicted molar refractivity (Wildman–Crippen MR) is 278 cm³/mol. The molecule has 0 amide bonds. The molecule has 0 saturated carbocycles. The van der Waals surface area contributed by atoms with Crippen molar-refractivity contribution >= 4 is 50.7 Å². The van der Waals surface area contributed by atoms with Crippen molar-refractivity contribution in [1.82, 2.24) is 34.6 Å². The summed E-state index contributed by atoms with van der Waals surface area (Å²) >= 11 is 16.0. The number of hydrogen-bond acceptors (Lipinski definition) is 15. The van der Waals surface area contributed by atoms with Gasteiger partial charge in [0.1, 0.15) is 66.3 Å². The highest BCUT2D eigenvalue weighted by molar-refractivity contribution is 7.22. The minimum Gasteiger partial charge on any atom is -0.491 e. The molecule has 2 fully saturated rings. The number of hydrogen-bond donors (Lipinski definition) is 1. The minimum absolute atomic E-state index is 0.00335. The number of morpholine rings is 1. The number of fused-ring (bicyclic) bond motifs is 7. The standard InChI is InChI=1S/C54H54Cl2FN7O8S/c1-31-44-32(2)48(56)49(47(31)55)71-41(26-64-19-17-62(3)18-20-64)29-69-39-13-14-42(70-27-37-15-16-58-51(61-37)34-7-11-38(12-8-34)68-28-40-25-63(4)21-22-67-40)35(23-39)24-43(54(65)66)72-52-46-45(44)50(73-53(46)60-30-59-52)33-5-9-36(57)10-6-33/h5-16,23,30,40-41,43H,17-22,24-29H2,1-4H3,(H,65,66)/t40-,41-,43-/m1/s1. The van der Waals surface area contributed by atoms with E-state index in [1.165, 1.54) is 29.8 Å².